The topological polar surface area (TPSA) is 96.3 Å². The number of nitrogens with one attached hydrogen (secondary N) is 3. The van der Waals surface area contributed by atoms with Crippen LogP contribution < -0.4 is 16.2 Å². The average Bonchev–Trinajstić information content (AvgIpc) is 2.62. The minimum absolute atomic E-state index is 0.0307. The first-order valence-corrected chi connectivity index (χ1v) is 9.99. The fourth-order valence-electron chi connectivity index (χ4n) is 2.97. The maximum absolute atomic E-state index is 11.9. The van der Waals surface area contributed by atoms with E-state index in [2.05, 4.69) is 30.0 Å². The molecule has 1 aliphatic carbocycles. The van der Waals surface area contributed by atoms with Crippen molar-refractivity contribution in [3.8, 4) is 0 Å². The second-order valence-corrected chi connectivity index (χ2v) is 8.02. The number of carbonyl (C=O) groups is 1. The molecule has 7 nitrogen and oxygen atoms in total. The van der Waals surface area contributed by atoms with Crippen LogP contribution in [-0.4, -0.2) is 27.7 Å². The number of rotatable bonds is 5. The summed E-state index contributed by atoms with van der Waals surface area (Å²) >= 11 is 6.55. The maximum Gasteiger partial charge on any atom is 0.269 e. The van der Waals surface area contributed by atoms with Crippen LogP contribution in [0.15, 0.2) is 29.2 Å². The number of carbonyl (C=O) groups excluding carboxylic acids is 1. The van der Waals surface area contributed by atoms with Gasteiger partial charge in [0.05, 0.1) is 10.7 Å². The first kappa shape index (κ1) is 20.4. The summed E-state index contributed by atoms with van der Waals surface area (Å²) in [7, 11) is 0. The molecule has 0 spiro atoms. The second kappa shape index (κ2) is 9.72. The Hall–Kier alpha value is -1.87. The fourth-order valence-corrected chi connectivity index (χ4v) is 3.87. The van der Waals surface area contributed by atoms with Crippen molar-refractivity contribution in [3.05, 3.63) is 34.4 Å². The smallest absolute Gasteiger partial charge is 0.269 e. The van der Waals surface area contributed by atoms with Gasteiger partial charge < -0.3 is 5.32 Å². The number of thioether (sulfide) groups is 1. The molecule has 1 aromatic carbocycles. The van der Waals surface area contributed by atoms with Gasteiger partial charge in [-0.3, -0.25) is 25.8 Å². The number of nitrogens with zero attached hydrogens (tertiary/aromatic N) is 1. The highest BCUT2D eigenvalue weighted by Crippen LogP contribution is 2.29. The van der Waals surface area contributed by atoms with Crippen LogP contribution in [0.2, 0.25) is 0 Å². The lowest BCUT2D eigenvalue weighted by Gasteiger charge is -2.35. The Labute approximate surface area is 162 Å². The summed E-state index contributed by atoms with van der Waals surface area (Å²) in [5, 5.41) is 14.3. The van der Waals surface area contributed by atoms with Crippen molar-refractivity contribution >= 4 is 40.7 Å². The Morgan fingerprint density at radius 1 is 1.27 bits per heavy atom. The third kappa shape index (κ3) is 6.14. The van der Waals surface area contributed by atoms with Gasteiger partial charge in [-0.05, 0) is 42.6 Å². The number of hydrogen-bond donors (Lipinski definition) is 3. The zero-order chi connectivity index (χ0) is 19.1. The number of nitro groups is 1. The highest BCUT2D eigenvalue weighted by atomic mass is 32.2. The van der Waals surface area contributed by atoms with Crippen molar-refractivity contribution in [1.82, 2.24) is 16.2 Å². The van der Waals surface area contributed by atoms with E-state index in [1.165, 1.54) is 36.7 Å². The molecule has 0 unspecified atom stereocenters. The molecule has 1 aliphatic rings. The Morgan fingerprint density at radius 2 is 1.96 bits per heavy atom. The molecule has 1 amide bonds. The van der Waals surface area contributed by atoms with Crippen LogP contribution in [-0.2, 0) is 4.79 Å². The summed E-state index contributed by atoms with van der Waals surface area (Å²) in [5.41, 5.74) is 5.35. The second-order valence-electron chi connectivity index (χ2n) is 6.56. The van der Waals surface area contributed by atoms with E-state index in [4.69, 9.17) is 12.2 Å². The Kier molecular flexibility index (Phi) is 7.65. The number of non-ortho nitro benzene ring substituents is 1. The summed E-state index contributed by atoms with van der Waals surface area (Å²) in [6.07, 6.45) is 3.51. The van der Waals surface area contributed by atoms with Gasteiger partial charge in [-0.1, -0.05) is 26.7 Å². The molecule has 1 aromatic rings. The van der Waals surface area contributed by atoms with Crippen LogP contribution in [0, 0.1) is 22.0 Å². The highest BCUT2D eigenvalue weighted by molar-refractivity contribution is 8.00. The molecule has 3 N–H and O–H groups in total. The van der Waals surface area contributed by atoms with Gasteiger partial charge in [0.1, 0.15) is 0 Å². The molecule has 0 heterocycles. The number of benzene rings is 1. The lowest BCUT2D eigenvalue weighted by atomic mass is 9.78. The minimum Gasteiger partial charge on any atom is -0.358 e. The Bertz CT molecular complexity index is 654. The van der Waals surface area contributed by atoms with Gasteiger partial charge in [-0.2, -0.15) is 0 Å². The molecule has 0 bridgehead atoms. The summed E-state index contributed by atoms with van der Waals surface area (Å²) in [5.74, 6) is 1.17. The fraction of sp³-hybridized carbons (Fsp3) is 0.529. The molecule has 9 heteroatoms. The maximum atomic E-state index is 11.9. The zero-order valence-corrected chi connectivity index (χ0v) is 16.5. The van der Waals surface area contributed by atoms with Gasteiger partial charge in [-0.25, -0.2) is 0 Å². The van der Waals surface area contributed by atoms with Crippen LogP contribution in [0.1, 0.15) is 33.1 Å². The van der Waals surface area contributed by atoms with E-state index in [9.17, 15) is 14.9 Å². The molecule has 1 saturated carbocycles. The molecule has 0 aliphatic heterocycles. The molecule has 0 saturated heterocycles. The molecule has 1 fully saturated rings. The first-order valence-electron chi connectivity index (χ1n) is 8.59. The van der Waals surface area contributed by atoms with E-state index in [1.807, 2.05) is 0 Å². The van der Waals surface area contributed by atoms with Crippen LogP contribution in [0.3, 0.4) is 0 Å². The zero-order valence-electron chi connectivity index (χ0n) is 14.9. The van der Waals surface area contributed by atoms with Crippen molar-refractivity contribution in [3.63, 3.8) is 0 Å². The van der Waals surface area contributed by atoms with Gasteiger partial charge in [0.2, 0.25) is 5.91 Å². The number of thiocarbonyl (C=S) groups is 1. The van der Waals surface area contributed by atoms with Crippen LogP contribution >= 0.6 is 24.0 Å². The normalized spacial score (nSPS) is 22.3. The average molecular weight is 397 g/mol. The quantitative estimate of drug-likeness (QED) is 0.305. The van der Waals surface area contributed by atoms with Crippen LogP contribution in [0.25, 0.3) is 0 Å². The van der Waals surface area contributed by atoms with E-state index >= 15 is 0 Å². The molecular weight excluding hydrogens is 372 g/mol. The number of hydrazine groups is 1. The first-order chi connectivity index (χ1) is 12.4. The van der Waals surface area contributed by atoms with Crippen molar-refractivity contribution in [2.75, 3.05) is 5.75 Å². The predicted molar refractivity (Wildman–Crippen MR) is 107 cm³/mol. The van der Waals surface area contributed by atoms with Crippen LogP contribution in [0.5, 0.6) is 0 Å². The van der Waals surface area contributed by atoms with E-state index in [0.717, 1.165) is 11.3 Å². The molecule has 0 aromatic heterocycles. The molecule has 142 valence electrons. The minimum atomic E-state index is -0.451. The molecule has 26 heavy (non-hydrogen) atoms. The van der Waals surface area contributed by atoms with Gasteiger partial charge in [0, 0.05) is 23.1 Å². The van der Waals surface area contributed by atoms with E-state index in [1.54, 1.807) is 12.1 Å². The van der Waals surface area contributed by atoms with Gasteiger partial charge in [0.15, 0.2) is 5.11 Å². The lowest BCUT2D eigenvalue weighted by molar-refractivity contribution is -0.384. The van der Waals surface area contributed by atoms with E-state index in [0.29, 0.717) is 23.0 Å². The Balaban J connectivity index is 1.69. The predicted octanol–water partition coefficient (Wildman–Crippen LogP) is 3.01. The van der Waals surface area contributed by atoms with Crippen molar-refractivity contribution in [1.29, 1.82) is 0 Å². The lowest BCUT2D eigenvalue weighted by Crippen LogP contribution is -2.52. The summed E-state index contributed by atoms with van der Waals surface area (Å²) in [6.45, 7) is 4.48. The third-order valence-electron chi connectivity index (χ3n) is 4.76. The molecule has 2 rings (SSSR count). The summed E-state index contributed by atoms with van der Waals surface area (Å²) < 4.78 is 0. The monoisotopic (exact) mass is 396 g/mol. The van der Waals surface area contributed by atoms with Crippen molar-refractivity contribution in [2.24, 2.45) is 11.8 Å². The summed E-state index contributed by atoms with van der Waals surface area (Å²) in [6, 6.07) is 6.42. The van der Waals surface area contributed by atoms with Gasteiger partial charge in [0.25, 0.3) is 5.69 Å². The van der Waals surface area contributed by atoms with Gasteiger partial charge >= 0.3 is 0 Å². The number of amides is 1. The molecule has 3 atom stereocenters. The van der Waals surface area contributed by atoms with Crippen LogP contribution in [0.4, 0.5) is 5.69 Å². The third-order valence-corrected chi connectivity index (χ3v) is 5.99. The number of nitro benzene ring substituents is 1. The largest absolute Gasteiger partial charge is 0.358 e. The summed E-state index contributed by atoms with van der Waals surface area (Å²) in [4.78, 5) is 22.9. The van der Waals surface area contributed by atoms with E-state index in [-0.39, 0.29) is 17.3 Å². The Morgan fingerprint density at radius 3 is 2.62 bits per heavy atom. The molecular formula is C17H24N4O3S2. The SMILES string of the molecule is C[C@H]1[C@@H](NC(=S)NNC(=O)CSc2ccc([N+](=O)[O-])cc2)CCC[C@@H]1C. The van der Waals surface area contributed by atoms with Gasteiger partial charge in [-0.15, -0.1) is 11.8 Å². The number of hydrogen-bond acceptors (Lipinski definition) is 5. The van der Waals surface area contributed by atoms with Crippen molar-refractivity contribution < 1.29 is 9.72 Å². The van der Waals surface area contributed by atoms with Crippen molar-refractivity contribution in [2.45, 2.75) is 44.0 Å². The standard InChI is InChI=1S/C17H24N4O3S2/c1-11-4-3-5-15(12(11)2)18-17(25)20-19-16(22)10-26-14-8-6-13(7-9-14)21(23)24/h6-9,11-12,15H,3-5,10H2,1-2H3,(H,19,22)(H2,18,20,25)/t11-,12+,15-/m0/s1. The van der Waals surface area contributed by atoms with E-state index < -0.39 is 4.92 Å². The highest BCUT2D eigenvalue weighted by Gasteiger charge is 2.27. The molecule has 0 radical (unpaired) electrons.